The molecule has 0 atom stereocenters. The van der Waals surface area contributed by atoms with Crippen molar-refractivity contribution in [2.75, 3.05) is 0 Å². The predicted molar refractivity (Wildman–Crippen MR) is 75.2 cm³/mol. The molecule has 1 aromatic carbocycles. The summed E-state index contributed by atoms with van der Waals surface area (Å²) >= 11 is 0. The van der Waals surface area contributed by atoms with Crippen molar-refractivity contribution in [1.82, 2.24) is 15.3 Å². The molecule has 0 radical (unpaired) electrons. The van der Waals surface area contributed by atoms with Gasteiger partial charge >= 0.3 is 6.01 Å². The third-order valence-electron chi connectivity index (χ3n) is 2.75. The van der Waals surface area contributed by atoms with Crippen molar-refractivity contribution in [2.45, 2.75) is 33.4 Å². The van der Waals surface area contributed by atoms with Gasteiger partial charge in [-0.3, -0.25) is 0 Å². The Morgan fingerprint density at radius 2 is 1.95 bits per heavy atom. The van der Waals surface area contributed by atoms with E-state index in [-0.39, 0.29) is 11.8 Å². The third-order valence-corrected chi connectivity index (χ3v) is 2.75. The second kappa shape index (κ2) is 6.43. The number of hydrogen-bond acceptors (Lipinski definition) is 4. The van der Waals surface area contributed by atoms with Gasteiger partial charge in [-0.1, -0.05) is 19.9 Å². The molecule has 1 N–H and O–H groups in total. The maximum atomic E-state index is 13.2. The Kier molecular flexibility index (Phi) is 4.63. The second-order valence-electron chi connectivity index (χ2n) is 4.92. The summed E-state index contributed by atoms with van der Waals surface area (Å²) in [5, 5.41) is 3.28. The van der Waals surface area contributed by atoms with E-state index in [1.54, 1.807) is 18.5 Å². The van der Waals surface area contributed by atoms with Gasteiger partial charge in [-0.05, 0) is 18.6 Å². The lowest BCUT2D eigenvalue weighted by atomic mass is 10.2. The number of aromatic nitrogens is 2. The highest BCUT2D eigenvalue weighted by Crippen LogP contribution is 2.23. The van der Waals surface area contributed by atoms with Crippen LogP contribution in [0.2, 0.25) is 0 Å². The van der Waals surface area contributed by atoms with E-state index in [0.717, 1.165) is 11.1 Å². The van der Waals surface area contributed by atoms with Gasteiger partial charge in [-0.2, -0.15) is 0 Å². The van der Waals surface area contributed by atoms with E-state index in [9.17, 15) is 4.39 Å². The standard InChI is InChI=1S/C15H18FN3O/c1-10(2)17-7-12-8-18-15(19-9-12)20-14-6-13(16)5-4-11(14)3/h4-6,8-10,17H,7H2,1-3H3. The summed E-state index contributed by atoms with van der Waals surface area (Å²) in [4.78, 5) is 8.25. The van der Waals surface area contributed by atoms with E-state index in [0.29, 0.717) is 18.3 Å². The van der Waals surface area contributed by atoms with Gasteiger partial charge in [-0.25, -0.2) is 14.4 Å². The molecule has 1 aromatic heterocycles. The van der Waals surface area contributed by atoms with Crippen LogP contribution in [0.4, 0.5) is 4.39 Å². The van der Waals surface area contributed by atoms with Crippen molar-refractivity contribution in [2.24, 2.45) is 0 Å². The number of nitrogens with zero attached hydrogens (tertiary/aromatic N) is 2. The molecule has 0 aliphatic rings. The first-order chi connectivity index (χ1) is 9.54. The van der Waals surface area contributed by atoms with Crippen molar-refractivity contribution in [1.29, 1.82) is 0 Å². The van der Waals surface area contributed by atoms with Gasteiger partial charge in [-0.15, -0.1) is 0 Å². The summed E-state index contributed by atoms with van der Waals surface area (Å²) in [5.41, 5.74) is 1.81. The fraction of sp³-hybridized carbons (Fsp3) is 0.333. The van der Waals surface area contributed by atoms with Gasteiger partial charge in [0.1, 0.15) is 11.6 Å². The van der Waals surface area contributed by atoms with Crippen LogP contribution in [-0.4, -0.2) is 16.0 Å². The molecule has 20 heavy (non-hydrogen) atoms. The highest BCUT2D eigenvalue weighted by molar-refractivity contribution is 5.34. The van der Waals surface area contributed by atoms with E-state index in [1.807, 2.05) is 6.92 Å². The fourth-order valence-corrected chi connectivity index (χ4v) is 1.59. The summed E-state index contributed by atoms with van der Waals surface area (Å²) < 4.78 is 18.6. The van der Waals surface area contributed by atoms with Crippen LogP contribution < -0.4 is 10.1 Å². The first-order valence-corrected chi connectivity index (χ1v) is 6.53. The zero-order valence-corrected chi connectivity index (χ0v) is 11.9. The van der Waals surface area contributed by atoms with Crippen LogP contribution in [-0.2, 0) is 6.54 Å². The zero-order valence-electron chi connectivity index (χ0n) is 11.9. The van der Waals surface area contributed by atoms with Gasteiger partial charge in [0.15, 0.2) is 0 Å². The normalized spacial score (nSPS) is 10.8. The molecule has 2 aromatic rings. The number of halogens is 1. The van der Waals surface area contributed by atoms with Crippen molar-refractivity contribution < 1.29 is 9.13 Å². The van der Waals surface area contributed by atoms with Crippen LogP contribution in [0, 0.1) is 12.7 Å². The highest BCUT2D eigenvalue weighted by atomic mass is 19.1. The first-order valence-electron chi connectivity index (χ1n) is 6.53. The lowest BCUT2D eigenvalue weighted by molar-refractivity contribution is 0.433. The van der Waals surface area contributed by atoms with Crippen molar-refractivity contribution in [3.05, 3.63) is 47.5 Å². The minimum absolute atomic E-state index is 0.215. The van der Waals surface area contributed by atoms with Gasteiger partial charge in [0, 0.05) is 36.6 Å². The minimum atomic E-state index is -0.344. The van der Waals surface area contributed by atoms with Gasteiger partial charge in [0.25, 0.3) is 0 Å². The maximum absolute atomic E-state index is 13.2. The Balaban J connectivity index is 2.05. The summed E-state index contributed by atoms with van der Waals surface area (Å²) in [7, 11) is 0. The zero-order chi connectivity index (χ0) is 14.5. The number of nitrogens with one attached hydrogen (secondary N) is 1. The Bertz CT molecular complexity index is 570. The van der Waals surface area contributed by atoms with Crippen molar-refractivity contribution in [3.8, 4) is 11.8 Å². The van der Waals surface area contributed by atoms with Gasteiger partial charge < -0.3 is 10.1 Å². The molecular formula is C15H18FN3O. The van der Waals surface area contributed by atoms with E-state index in [2.05, 4.69) is 29.1 Å². The largest absolute Gasteiger partial charge is 0.424 e. The summed E-state index contributed by atoms with van der Waals surface area (Å²) in [5.74, 6) is 0.0846. The molecular weight excluding hydrogens is 257 g/mol. The van der Waals surface area contributed by atoms with E-state index >= 15 is 0 Å². The SMILES string of the molecule is Cc1ccc(F)cc1Oc1ncc(CNC(C)C)cn1. The van der Waals surface area contributed by atoms with Crippen LogP contribution >= 0.6 is 0 Å². The van der Waals surface area contributed by atoms with Crippen molar-refractivity contribution in [3.63, 3.8) is 0 Å². The van der Waals surface area contributed by atoms with E-state index in [4.69, 9.17) is 4.74 Å². The Hall–Kier alpha value is -2.01. The monoisotopic (exact) mass is 275 g/mol. The molecule has 0 bridgehead atoms. The average molecular weight is 275 g/mol. The second-order valence-corrected chi connectivity index (χ2v) is 4.92. The third kappa shape index (κ3) is 3.99. The molecule has 0 saturated heterocycles. The number of hydrogen-bond donors (Lipinski definition) is 1. The van der Waals surface area contributed by atoms with Crippen LogP contribution in [0.3, 0.4) is 0 Å². The molecule has 0 aliphatic heterocycles. The maximum Gasteiger partial charge on any atom is 0.321 e. The smallest absolute Gasteiger partial charge is 0.321 e. The molecule has 0 fully saturated rings. The number of aryl methyl sites for hydroxylation is 1. The molecule has 0 unspecified atom stereocenters. The fourth-order valence-electron chi connectivity index (χ4n) is 1.59. The van der Waals surface area contributed by atoms with Crippen LogP contribution in [0.1, 0.15) is 25.0 Å². The number of rotatable bonds is 5. The van der Waals surface area contributed by atoms with Crippen LogP contribution in [0.5, 0.6) is 11.8 Å². The Labute approximate surface area is 118 Å². The van der Waals surface area contributed by atoms with E-state index in [1.165, 1.54) is 12.1 Å². The quantitative estimate of drug-likeness (QED) is 0.910. The van der Waals surface area contributed by atoms with E-state index < -0.39 is 0 Å². The van der Waals surface area contributed by atoms with Crippen molar-refractivity contribution >= 4 is 0 Å². The Morgan fingerprint density at radius 1 is 1.25 bits per heavy atom. The molecule has 0 aliphatic carbocycles. The van der Waals surface area contributed by atoms with Crippen LogP contribution in [0.25, 0.3) is 0 Å². The molecule has 0 amide bonds. The number of benzene rings is 1. The molecule has 106 valence electrons. The first kappa shape index (κ1) is 14.4. The molecule has 4 nitrogen and oxygen atoms in total. The average Bonchev–Trinajstić information content (AvgIpc) is 2.42. The lowest BCUT2D eigenvalue weighted by Gasteiger charge is -2.09. The molecule has 5 heteroatoms. The predicted octanol–water partition coefficient (Wildman–Crippen LogP) is 3.21. The highest BCUT2D eigenvalue weighted by Gasteiger charge is 2.05. The molecule has 2 rings (SSSR count). The molecule has 0 spiro atoms. The molecule has 1 heterocycles. The summed E-state index contributed by atoms with van der Waals surface area (Å²) in [6.45, 7) is 6.70. The lowest BCUT2D eigenvalue weighted by Crippen LogP contribution is -2.21. The van der Waals surface area contributed by atoms with Crippen LogP contribution in [0.15, 0.2) is 30.6 Å². The summed E-state index contributed by atoms with van der Waals surface area (Å²) in [6, 6.07) is 5.00. The number of ether oxygens (including phenoxy) is 1. The Morgan fingerprint density at radius 3 is 2.60 bits per heavy atom. The van der Waals surface area contributed by atoms with Gasteiger partial charge in [0.2, 0.25) is 0 Å². The summed E-state index contributed by atoms with van der Waals surface area (Å²) in [6.07, 6.45) is 3.40. The molecule has 0 saturated carbocycles. The minimum Gasteiger partial charge on any atom is -0.424 e. The van der Waals surface area contributed by atoms with Gasteiger partial charge in [0.05, 0.1) is 0 Å². The topological polar surface area (TPSA) is 47.0 Å².